The van der Waals surface area contributed by atoms with E-state index in [1.54, 1.807) is 22.7 Å². The summed E-state index contributed by atoms with van der Waals surface area (Å²) in [5.41, 5.74) is 2.68. The predicted octanol–water partition coefficient (Wildman–Crippen LogP) is 6.36. The van der Waals surface area contributed by atoms with Crippen LogP contribution in [0.1, 0.15) is 0 Å². The Morgan fingerprint density at radius 2 is 1.16 bits per heavy atom. The smallest absolute Gasteiger partial charge is 0.0436 e. The van der Waals surface area contributed by atoms with E-state index < -0.39 is 0 Å². The van der Waals surface area contributed by atoms with Crippen molar-refractivity contribution in [2.75, 3.05) is 0 Å². The summed E-state index contributed by atoms with van der Waals surface area (Å²) < 4.78 is 0. The topological polar surface area (TPSA) is 0 Å². The molecule has 0 amide bonds. The molecule has 4 rings (SSSR count). The highest BCUT2D eigenvalue weighted by molar-refractivity contribution is 7.21. The van der Waals surface area contributed by atoms with Gasteiger partial charge in [0, 0.05) is 31.7 Å². The van der Waals surface area contributed by atoms with Crippen molar-refractivity contribution in [3.63, 3.8) is 0 Å². The lowest BCUT2D eigenvalue weighted by molar-refractivity contribution is 1.82. The highest BCUT2D eigenvalue weighted by Gasteiger charge is 2.13. The fourth-order valence-corrected chi connectivity index (χ4v) is 5.02. The molecule has 1 aromatic carbocycles. The van der Waals surface area contributed by atoms with Crippen molar-refractivity contribution in [3.8, 4) is 20.9 Å². The molecule has 0 saturated carbocycles. The third-order valence-electron chi connectivity index (χ3n) is 3.19. The summed E-state index contributed by atoms with van der Waals surface area (Å²) in [4.78, 5) is 2.77. The average Bonchev–Trinajstić information content (AvgIpc) is 3.18. The third kappa shape index (κ3) is 1.86. The van der Waals surface area contributed by atoms with Gasteiger partial charge >= 0.3 is 0 Å². The molecular formula is C16H10S3. The van der Waals surface area contributed by atoms with Crippen molar-refractivity contribution in [3.05, 3.63) is 57.9 Å². The fraction of sp³-hybridized carbons (Fsp3) is 0. The SMILES string of the molecule is c1ccc2c(-c3ccsc3)sc(-c3ccsc3)c2c1. The first-order valence-electron chi connectivity index (χ1n) is 6.00. The maximum Gasteiger partial charge on any atom is 0.0436 e. The molecule has 3 aromatic heterocycles. The summed E-state index contributed by atoms with van der Waals surface area (Å²) in [6, 6.07) is 13.1. The van der Waals surface area contributed by atoms with Crippen molar-refractivity contribution in [1.82, 2.24) is 0 Å². The predicted molar refractivity (Wildman–Crippen MR) is 88.5 cm³/mol. The first-order chi connectivity index (χ1) is 9.43. The first kappa shape index (κ1) is 11.4. The summed E-state index contributed by atoms with van der Waals surface area (Å²) in [5, 5.41) is 11.5. The highest BCUT2D eigenvalue weighted by atomic mass is 32.1. The van der Waals surface area contributed by atoms with Gasteiger partial charge in [0.05, 0.1) is 0 Å². The molecule has 0 spiro atoms. The van der Waals surface area contributed by atoms with Crippen LogP contribution in [0.4, 0.5) is 0 Å². The molecule has 0 unspecified atom stereocenters. The van der Waals surface area contributed by atoms with E-state index in [0.29, 0.717) is 0 Å². The Labute approximate surface area is 123 Å². The van der Waals surface area contributed by atoms with E-state index in [1.165, 1.54) is 31.7 Å². The van der Waals surface area contributed by atoms with Gasteiger partial charge in [-0.25, -0.2) is 0 Å². The van der Waals surface area contributed by atoms with Gasteiger partial charge in [0.15, 0.2) is 0 Å². The van der Waals surface area contributed by atoms with Gasteiger partial charge in [-0.05, 0) is 33.7 Å². The summed E-state index contributed by atoms with van der Waals surface area (Å²) in [5.74, 6) is 0. The molecule has 0 fully saturated rings. The second-order valence-corrected chi connectivity index (χ2v) is 6.91. The minimum atomic E-state index is 1.34. The van der Waals surface area contributed by atoms with Crippen LogP contribution in [0, 0.1) is 0 Å². The number of hydrogen-bond acceptors (Lipinski definition) is 3. The zero-order valence-corrected chi connectivity index (χ0v) is 12.4. The minimum absolute atomic E-state index is 1.34. The fourth-order valence-electron chi connectivity index (χ4n) is 2.31. The van der Waals surface area contributed by atoms with E-state index in [4.69, 9.17) is 0 Å². The van der Waals surface area contributed by atoms with Crippen LogP contribution in [0.3, 0.4) is 0 Å². The zero-order valence-electron chi connectivity index (χ0n) is 10.00. The summed E-state index contributed by atoms with van der Waals surface area (Å²) in [6.07, 6.45) is 0. The van der Waals surface area contributed by atoms with Crippen molar-refractivity contribution in [2.24, 2.45) is 0 Å². The maximum absolute atomic E-state index is 2.23. The van der Waals surface area contributed by atoms with E-state index in [9.17, 15) is 0 Å². The van der Waals surface area contributed by atoms with Crippen LogP contribution in [0.2, 0.25) is 0 Å². The standard InChI is InChI=1S/C16H10S3/c1-2-4-14-13(3-1)15(11-5-7-17-9-11)19-16(14)12-6-8-18-10-12/h1-10H. The molecule has 0 aliphatic carbocycles. The van der Waals surface area contributed by atoms with Crippen LogP contribution >= 0.6 is 34.0 Å². The van der Waals surface area contributed by atoms with Crippen LogP contribution < -0.4 is 0 Å². The lowest BCUT2D eigenvalue weighted by Gasteiger charge is -1.94. The van der Waals surface area contributed by atoms with Gasteiger partial charge in [0.1, 0.15) is 0 Å². The molecule has 0 nitrogen and oxygen atoms in total. The Kier molecular flexibility index (Phi) is 2.76. The largest absolute Gasteiger partial charge is 0.152 e. The van der Waals surface area contributed by atoms with Crippen molar-refractivity contribution in [1.29, 1.82) is 0 Å². The highest BCUT2D eigenvalue weighted by Crippen LogP contribution is 2.44. The summed E-state index contributed by atoms with van der Waals surface area (Å²) in [6.45, 7) is 0. The van der Waals surface area contributed by atoms with Gasteiger partial charge < -0.3 is 0 Å². The van der Waals surface area contributed by atoms with Crippen molar-refractivity contribution < 1.29 is 0 Å². The molecule has 19 heavy (non-hydrogen) atoms. The van der Waals surface area contributed by atoms with Gasteiger partial charge in [0.25, 0.3) is 0 Å². The van der Waals surface area contributed by atoms with E-state index in [2.05, 4.69) is 57.9 Å². The van der Waals surface area contributed by atoms with E-state index in [1.807, 2.05) is 11.3 Å². The molecule has 0 aliphatic rings. The Morgan fingerprint density at radius 1 is 0.632 bits per heavy atom. The van der Waals surface area contributed by atoms with Crippen LogP contribution in [0.5, 0.6) is 0 Å². The Morgan fingerprint density at radius 3 is 1.58 bits per heavy atom. The monoisotopic (exact) mass is 298 g/mol. The van der Waals surface area contributed by atoms with Crippen LogP contribution in [0.15, 0.2) is 57.9 Å². The molecule has 0 atom stereocenters. The average molecular weight is 298 g/mol. The molecule has 92 valence electrons. The number of fused-ring (bicyclic) bond motifs is 1. The number of benzene rings is 1. The molecular weight excluding hydrogens is 288 g/mol. The molecule has 4 aromatic rings. The maximum atomic E-state index is 2.23. The van der Waals surface area contributed by atoms with Crippen molar-refractivity contribution >= 4 is 44.8 Å². The Balaban J connectivity index is 2.06. The lowest BCUT2D eigenvalue weighted by atomic mass is 10.1. The molecule has 3 heterocycles. The number of hydrogen-bond donors (Lipinski definition) is 0. The lowest BCUT2D eigenvalue weighted by Crippen LogP contribution is -1.69. The molecule has 0 radical (unpaired) electrons. The van der Waals surface area contributed by atoms with Crippen LogP contribution in [-0.2, 0) is 0 Å². The summed E-state index contributed by atoms with van der Waals surface area (Å²) >= 11 is 5.42. The van der Waals surface area contributed by atoms with Gasteiger partial charge in [-0.3, -0.25) is 0 Å². The van der Waals surface area contributed by atoms with Gasteiger partial charge in [-0.2, -0.15) is 22.7 Å². The van der Waals surface area contributed by atoms with Crippen LogP contribution in [-0.4, -0.2) is 0 Å². The normalized spacial score (nSPS) is 11.2. The van der Waals surface area contributed by atoms with E-state index >= 15 is 0 Å². The Bertz CT molecular complexity index is 737. The summed E-state index contributed by atoms with van der Waals surface area (Å²) in [7, 11) is 0. The molecule has 0 saturated heterocycles. The minimum Gasteiger partial charge on any atom is -0.152 e. The molecule has 0 aliphatic heterocycles. The van der Waals surface area contributed by atoms with Gasteiger partial charge in [0.2, 0.25) is 0 Å². The van der Waals surface area contributed by atoms with Gasteiger partial charge in [-0.1, -0.05) is 24.3 Å². The van der Waals surface area contributed by atoms with E-state index in [0.717, 1.165) is 0 Å². The Hall–Kier alpha value is -1.42. The quantitative estimate of drug-likeness (QED) is 0.404. The van der Waals surface area contributed by atoms with Gasteiger partial charge in [-0.15, -0.1) is 11.3 Å². The second-order valence-electron chi connectivity index (χ2n) is 4.33. The molecule has 0 N–H and O–H groups in total. The van der Waals surface area contributed by atoms with Crippen LogP contribution in [0.25, 0.3) is 31.7 Å². The first-order valence-corrected chi connectivity index (χ1v) is 8.70. The second kappa shape index (κ2) is 4.60. The number of rotatable bonds is 2. The zero-order chi connectivity index (χ0) is 12.7. The molecule has 3 heteroatoms. The van der Waals surface area contributed by atoms with E-state index in [-0.39, 0.29) is 0 Å². The van der Waals surface area contributed by atoms with Crippen molar-refractivity contribution in [2.45, 2.75) is 0 Å². The molecule has 0 bridgehead atoms. The number of thiophene rings is 3. The third-order valence-corrected chi connectivity index (χ3v) is 5.87.